The SMILES string of the molecule is Cn1c(=O)ccn(CC(=O)NCC2CCC(O)C2)c1=O. The Morgan fingerprint density at radius 1 is 1.45 bits per heavy atom. The highest BCUT2D eigenvalue weighted by molar-refractivity contribution is 5.75. The molecule has 0 bridgehead atoms. The minimum absolute atomic E-state index is 0.109. The smallest absolute Gasteiger partial charge is 0.331 e. The van der Waals surface area contributed by atoms with Crippen LogP contribution in [0.1, 0.15) is 19.3 Å². The van der Waals surface area contributed by atoms with Crippen molar-refractivity contribution < 1.29 is 9.90 Å². The molecule has 0 aliphatic heterocycles. The predicted molar refractivity (Wildman–Crippen MR) is 72.3 cm³/mol. The van der Waals surface area contributed by atoms with Crippen LogP contribution in [-0.2, 0) is 18.4 Å². The summed E-state index contributed by atoms with van der Waals surface area (Å²) >= 11 is 0. The maximum Gasteiger partial charge on any atom is 0.331 e. The molecule has 1 saturated carbocycles. The largest absolute Gasteiger partial charge is 0.393 e. The van der Waals surface area contributed by atoms with Gasteiger partial charge in [-0.3, -0.25) is 18.7 Å². The van der Waals surface area contributed by atoms with Gasteiger partial charge in [0.15, 0.2) is 0 Å². The van der Waals surface area contributed by atoms with Crippen molar-refractivity contribution in [3.63, 3.8) is 0 Å². The van der Waals surface area contributed by atoms with E-state index in [1.54, 1.807) is 0 Å². The van der Waals surface area contributed by atoms with Crippen LogP contribution in [0.3, 0.4) is 0 Å². The molecule has 7 heteroatoms. The van der Waals surface area contributed by atoms with E-state index in [1.807, 2.05) is 0 Å². The molecule has 2 N–H and O–H groups in total. The predicted octanol–water partition coefficient (Wildman–Crippen LogP) is -1.18. The molecule has 0 spiro atoms. The van der Waals surface area contributed by atoms with Crippen LogP contribution in [0, 0.1) is 5.92 Å². The lowest BCUT2D eigenvalue weighted by Gasteiger charge is -2.12. The van der Waals surface area contributed by atoms with Crippen LogP contribution in [0.4, 0.5) is 0 Å². The standard InChI is InChI=1S/C13H19N3O4/c1-15-12(19)4-5-16(13(15)20)8-11(18)14-7-9-2-3-10(17)6-9/h4-5,9-10,17H,2-3,6-8H2,1H3,(H,14,18). The normalized spacial score (nSPS) is 21.9. The van der Waals surface area contributed by atoms with Crippen LogP contribution in [0.5, 0.6) is 0 Å². The van der Waals surface area contributed by atoms with Gasteiger partial charge in [-0.25, -0.2) is 4.79 Å². The average molecular weight is 281 g/mol. The third-order valence-corrected chi connectivity index (χ3v) is 3.68. The van der Waals surface area contributed by atoms with Gasteiger partial charge in [0.25, 0.3) is 5.56 Å². The fourth-order valence-electron chi connectivity index (χ4n) is 2.44. The van der Waals surface area contributed by atoms with E-state index >= 15 is 0 Å². The zero-order valence-corrected chi connectivity index (χ0v) is 11.4. The molecule has 1 aliphatic rings. The number of amides is 1. The first-order valence-corrected chi connectivity index (χ1v) is 6.68. The van der Waals surface area contributed by atoms with Gasteiger partial charge in [0, 0.05) is 25.9 Å². The molecule has 0 radical (unpaired) electrons. The highest BCUT2D eigenvalue weighted by Gasteiger charge is 2.22. The van der Waals surface area contributed by atoms with Crippen molar-refractivity contribution >= 4 is 5.91 Å². The van der Waals surface area contributed by atoms with Gasteiger partial charge in [-0.05, 0) is 25.2 Å². The number of aromatic nitrogens is 2. The first-order chi connectivity index (χ1) is 9.47. The number of rotatable bonds is 4. The minimum atomic E-state index is -0.510. The monoisotopic (exact) mass is 281 g/mol. The van der Waals surface area contributed by atoms with Crippen LogP contribution in [0.25, 0.3) is 0 Å². The molecular weight excluding hydrogens is 262 g/mol. The Bertz CT molecular complexity index is 604. The van der Waals surface area contributed by atoms with E-state index < -0.39 is 11.2 Å². The first kappa shape index (κ1) is 14.5. The van der Waals surface area contributed by atoms with Gasteiger partial charge in [0.2, 0.25) is 5.91 Å². The van der Waals surface area contributed by atoms with E-state index in [4.69, 9.17) is 0 Å². The third-order valence-electron chi connectivity index (χ3n) is 3.68. The van der Waals surface area contributed by atoms with Gasteiger partial charge in [0.1, 0.15) is 6.54 Å². The average Bonchev–Trinajstić information content (AvgIpc) is 2.83. The molecule has 2 unspecified atom stereocenters. The van der Waals surface area contributed by atoms with Crippen molar-refractivity contribution in [2.24, 2.45) is 13.0 Å². The second kappa shape index (κ2) is 6.04. The summed E-state index contributed by atoms with van der Waals surface area (Å²) in [7, 11) is 1.37. The van der Waals surface area contributed by atoms with Crippen molar-refractivity contribution in [2.75, 3.05) is 6.54 Å². The molecule has 7 nitrogen and oxygen atoms in total. The van der Waals surface area contributed by atoms with Crippen molar-refractivity contribution in [2.45, 2.75) is 31.9 Å². The molecule has 1 amide bonds. The molecule has 1 fully saturated rings. The van der Waals surface area contributed by atoms with Crippen LogP contribution < -0.4 is 16.6 Å². The molecule has 1 aliphatic carbocycles. The lowest BCUT2D eigenvalue weighted by Crippen LogP contribution is -2.40. The Labute approximate surface area is 115 Å². The number of hydrogen-bond acceptors (Lipinski definition) is 4. The number of hydrogen-bond donors (Lipinski definition) is 2. The molecular formula is C13H19N3O4. The van der Waals surface area contributed by atoms with Crippen LogP contribution in [0.15, 0.2) is 21.9 Å². The van der Waals surface area contributed by atoms with E-state index in [0.717, 1.165) is 17.4 Å². The van der Waals surface area contributed by atoms with E-state index in [9.17, 15) is 19.5 Å². The summed E-state index contributed by atoms with van der Waals surface area (Å²) < 4.78 is 2.15. The maximum absolute atomic E-state index is 11.8. The summed E-state index contributed by atoms with van der Waals surface area (Å²) in [5.41, 5.74) is -0.907. The second-order valence-corrected chi connectivity index (χ2v) is 5.26. The number of nitrogens with zero attached hydrogens (tertiary/aromatic N) is 2. The molecule has 1 aromatic heterocycles. The molecule has 0 saturated heterocycles. The van der Waals surface area contributed by atoms with E-state index in [0.29, 0.717) is 18.9 Å². The fourth-order valence-corrected chi connectivity index (χ4v) is 2.44. The third kappa shape index (κ3) is 3.36. The summed E-state index contributed by atoms with van der Waals surface area (Å²) in [5.74, 6) is 0.0259. The summed E-state index contributed by atoms with van der Waals surface area (Å²) in [6.07, 6.45) is 3.45. The van der Waals surface area contributed by atoms with Crippen molar-refractivity contribution in [1.82, 2.24) is 14.5 Å². The van der Waals surface area contributed by atoms with Gasteiger partial charge in [-0.2, -0.15) is 0 Å². The van der Waals surface area contributed by atoms with Gasteiger partial charge in [-0.15, -0.1) is 0 Å². The molecule has 20 heavy (non-hydrogen) atoms. The molecule has 110 valence electrons. The Hall–Kier alpha value is -1.89. The molecule has 2 atom stereocenters. The van der Waals surface area contributed by atoms with Crippen LogP contribution >= 0.6 is 0 Å². The number of nitrogens with one attached hydrogen (secondary N) is 1. The van der Waals surface area contributed by atoms with E-state index in [2.05, 4.69) is 5.32 Å². The van der Waals surface area contributed by atoms with Gasteiger partial charge in [0.05, 0.1) is 6.10 Å². The number of aliphatic hydroxyl groups excluding tert-OH is 1. The van der Waals surface area contributed by atoms with Crippen LogP contribution in [-0.4, -0.2) is 32.8 Å². The highest BCUT2D eigenvalue weighted by Crippen LogP contribution is 2.24. The summed E-state index contributed by atoms with van der Waals surface area (Å²) in [6.45, 7) is 0.401. The minimum Gasteiger partial charge on any atom is -0.393 e. The Morgan fingerprint density at radius 2 is 2.20 bits per heavy atom. The number of aliphatic hydroxyl groups is 1. The zero-order chi connectivity index (χ0) is 14.7. The van der Waals surface area contributed by atoms with E-state index in [1.165, 1.54) is 23.9 Å². The second-order valence-electron chi connectivity index (χ2n) is 5.26. The first-order valence-electron chi connectivity index (χ1n) is 6.68. The Balaban J connectivity index is 1.90. The van der Waals surface area contributed by atoms with Gasteiger partial charge in [-0.1, -0.05) is 0 Å². The van der Waals surface area contributed by atoms with Crippen molar-refractivity contribution in [3.8, 4) is 0 Å². The van der Waals surface area contributed by atoms with Crippen molar-refractivity contribution in [3.05, 3.63) is 33.1 Å². The lowest BCUT2D eigenvalue weighted by atomic mass is 10.1. The van der Waals surface area contributed by atoms with Gasteiger partial charge >= 0.3 is 5.69 Å². The van der Waals surface area contributed by atoms with Crippen LogP contribution in [0.2, 0.25) is 0 Å². The number of carbonyl (C=O) groups excluding carboxylic acids is 1. The topological polar surface area (TPSA) is 93.3 Å². The van der Waals surface area contributed by atoms with E-state index in [-0.39, 0.29) is 18.6 Å². The summed E-state index contributed by atoms with van der Waals surface area (Å²) in [6, 6.07) is 1.25. The number of carbonyl (C=O) groups is 1. The quantitative estimate of drug-likeness (QED) is 0.727. The molecule has 1 heterocycles. The van der Waals surface area contributed by atoms with Gasteiger partial charge < -0.3 is 10.4 Å². The maximum atomic E-state index is 11.8. The molecule has 2 rings (SSSR count). The van der Waals surface area contributed by atoms with Crippen molar-refractivity contribution in [1.29, 1.82) is 0 Å². The lowest BCUT2D eigenvalue weighted by molar-refractivity contribution is -0.121. The molecule has 0 aromatic carbocycles. The highest BCUT2D eigenvalue weighted by atomic mass is 16.3. The summed E-state index contributed by atoms with van der Waals surface area (Å²) in [5, 5.41) is 12.2. The fraction of sp³-hybridized carbons (Fsp3) is 0.615. The summed E-state index contributed by atoms with van der Waals surface area (Å²) in [4.78, 5) is 34.8. The Kier molecular flexibility index (Phi) is 4.39. The molecule has 1 aromatic rings. The Morgan fingerprint density at radius 3 is 2.85 bits per heavy atom. The zero-order valence-electron chi connectivity index (χ0n) is 11.4.